The molecular formula is C11H23NS. The number of hydrogen-bond donors (Lipinski definition) is 1. The second-order valence-corrected chi connectivity index (χ2v) is 6.08. The summed E-state index contributed by atoms with van der Waals surface area (Å²) in [5.74, 6) is 0. The molecule has 0 radical (unpaired) electrons. The van der Waals surface area contributed by atoms with Gasteiger partial charge in [-0.1, -0.05) is 33.1 Å². The minimum absolute atomic E-state index is 0.759. The van der Waals surface area contributed by atoms with Crippen molar-refractivity contribution in [2.75, 3.05) is 7.05 Å². The monoisotopic (exact) mass is 201 g/mol. The zero-order valence-corrected chi connectivity index (χ0v) is 9.99. The maximum atomic E-state index is 3.48. The third-order valence-electron chi connectivity index (χ3n) is 2.77. The Bertz CT molecular complexity index is 136. The first-order valence-corrected chi connectivity index (χ1v) is 6.51. The molecule has 13 heavy (non-hydrogen) atoms. The van der Waals surface area contributed by atoms with Crippen LogP contribution < -0.4 is 5.32 Å². The first-order chi connectivity index (χ1) is 6.24. The van der Waals surface area contributed by atoms with Crippen LogP contribution >= 0.6 is 11.8 Å². The maximum Gasteiger partial charge on any atom is 0.0203 e. The van der Waals surface area contributed by atoms with Crippen LogP contribution in [0, 0.1) is 0 Å². The van der Waals surface area contributed by atoms with Crippen molar-refractivity contribution in [3.05, 3.63) is 0 Å². The van der Waals surface area contributed by atoms with Crippen LogP contribution in [-0.2, 0) is 0 Å². The molecule has 0 bridgehead atoms. The fraction of sp³-hybridized carbons (Fsp3) is 1.00. The zero-order chi connectivity index (χ0) is 9.68. The number of hydrogen-bond acceptors (Lipinski definition) is 2. The molecule has 0 heterocycles. The lowest BCUT2D eigenvalue weighted by Gasteiger charge is -2.25. The van der Waals surface area contributed by atoms with Crippen LogP contribution in [-0.4, -0.2) is 23.6 Å². The third-order valence-corrected chi connectivity index (χ3v) is 4.23. The quantitative estimate of drug-likeness (QED) is 0.704. The van der Waals surface area contributed by atoms with E-state index in [1.54, 1.807) is 0 Å². The molecular weight excluding hydrogens is 178 g/mol. The Balaban J connectivity index is 2.44. The molecule has 0 amide bonds. The average molecular weight is 201 g/mol. The first kappa shape index (κ1) is 11.4. The highest BCUT2D eigenvalue weighted by Gasteiger charge is 2.23. The Morgan fingerprint density at radius 1 is 1.15 bits per heavy atom. The molecule has 1 nitrogen and oxygen atoms in total. The molecule has 0 saturated heterocycles. The van der Waals surface area contributed by atoms with E-state index in [0.29, 0.717) is 0 Å². The van der Waals surface area contributed by atoms with Gasteiger partial charge in [0.2, 0.25) is 0 Å². The van der Waals surface area contributed by atoms with Gasteiger partial charge in [-0.25, -0.2) is 0 Å². The molecule has 0 spiro atoms. The van der Waals surface area contributed by atoms with Crippen molar-refractivity contribution < 1.29 is 0 Å². The fourth-order valence-corrected chi connectivity index (χ4v) is 3.58. The Labute approximate surface area is 87.1 Å². The van der Waals surface area contributed by atoms with E-state index < -0.39 is 0 Å². The summed E-state index contributed by atoms with van der Waals surface area (Å²) in [6.07, 6.45) is 7.08. The van der Waals surface area contributed by atoms with Crippen LogP contribution in [0.2, 0.25) is 0 Å². The third kappa shape index (κ3) is 3.90. The second kappa shape index (κ2) is 5.92. The van der Waals surface area contributed by atoms with E-state index in [0.717, 1.165) is 16.5 Å². The van der Waals surface area contributed by atoms with Gasteiger partial charge in [-0.15, -0.1) is 0 Å². The highest BCUT2D eigenvalue weighted by atomic mass is 32.2. The lowest BCUT2D eigenvalue weighted by atomic mass is 10.1. The van der Waals surface area contributed by atoms with E-state index >= 15 is 0 Å². The summed E-state index contributed by atoms with van der Waals surface area (Å²) in [4.78, 5) is 0. The summed E-state index contributed by atoms with van der Waals surface area (Å²) in [5.41, 5.74) is 0. The highest BCUT2D eigenvalue weighted by molar-refractivity contribution is 8.00. The predicted molar refractivity (Wildman–Crippen MR) is 62.4 cm³/mol. The first-order valence-electron chi connectivity index (χ1n) is 5.56. The van der Waals surface area contributed by atoms with Crippen LogP contribution in [0.1, 0.15) is 46.0 Å². The minimum Gasteiger partial charge on any atom is -0.316 e. The summed E-state index contributed by atoms with van der Waals surface area (Å²) in [5, 5.41) is 5.11. The Hall–Kier alpha value is 0.310. The molecule has 78 valence electrons. The van der Waals surface area contributed by atoms with Crippen LogP contribution in [0.25, 0.3) is 0 Å². The Morgan fingerprint density at radius 2 is 1.85 bits per heavy atom. The van der Waals surface area contributed by atoms with Crippen LogP contribution in [0.3, 0.4) is 0 Å². The van der Waals surface area contributed by atoms with Gasteiger partial charge in [-0.2, -0.15) is 11.8 Å². The normalized spacial score (nSPS) is 30.5. The Kier molecular flexibility index (Phi) is 5.18. The van der Waals surface area contributed by atoms with Crippen molar-refractivity contribution in [3.63, 3.8) is 0 Å². The van der Waals surface area contributed by atoms with Crippen molar-refractivity contribution in [3.8, 4) is 0 Å². The summed E-state index contributed by atoms with van der Waals surface area (Å²) in [6, 6.07) is 0.759. The summed E-state index contributed by atoms with van der Waals surface area (Å²) < 4.78 is 0. The molecule has 1 aliphatic rings. The fourth-order valence-electron chi connectivity index (χ4n) is 2.12. The van der Waals surface area contributed by atoms with E-state index in [4.69, 9.17) is 0 Å². The van der Waals surface area contributed by atoms with Crippen LogP contribution in [0.4, 0.5) is 0 Å². The number of nitrogens with one attached hydrogen (secondary N) is 1. The second-order valence-electron chi connectivity index (χ2n) is 4.26. The van der Waals surface area contributed by atoms with E-state index in [1.807, 2.05) is 0 Å². The highest BCUT2D eigenvalue weighted by Crippen LogP contribution is 2.30. The summed E-state index contributed by atoms with van der Waals surface area (Å²) in [7, 11) is 2.11. The van der Waals surface area contributed by atoms with Crippen molar-refractivity contribution in [2.45, 2.75) is 62.5 Å². The van der Waals surface area contributed by atoms with Gasteiger partial charge in [0.25, 0.3) is 0 Å². The number of thioether (sulfide) groups is 1. The summed E-state index contributed by atoms with van der Waals surface area (Å²) >= 11 is 2.16. The van der Waals surface area contributed by atoms with Gasteiger partial charge in [-0.3, -0.25) is 0 Å². The van der Waals surface area contributed by atoms with Crippen LogP contribution in [0.15, 0.2) is 0 Å². The SMILES string of the molecule is CNC1CCCCCC1SC(C)C. The van der Waals surface area contributed by atoms with Gasteiger partial charge in [0, 0.05) is 11.3 Å². The minimum atomic E-state index is 0.759. The molecule has 0 aliphatic heterocycles. The molecule has 0 aromatic carbocycles. The molecule has 2 atom stereocenters. The molecule has 1 saturated carbocycles. The van der Waals surface area contributed by atoms with Gasteiger partial charge < -0.3 is 5.32 Å². The van der Waals surface area contributed by atoms with Crippen molar-refractivity contribution in [1.82, 2.24) is 5.32 Å². The maximum absolute atomic E-state index is 3.48. The van der Waals surface area contributed by atoms with E-state index in [9.17, 15) is 0 Å². The predicted octanol–water partition coefficient (Wildman–Crippen LogP) is 3.05. The van der Waals surface area contributed by atoms with E-state index in [2.05, 4.69) is 38.0 Å². The molecule has 2 unspecified atom stereocenters. The van der Waals surface area contributed by atoms with Gasteiger partial charge in [0.1, 0.15) is 0 Å². The molecule has 1 fully saturated rings. The van der Waals surface area contributed by atoms with Crippen molar-refractivity contribution in [1.29, 1.82) is 0 Å². The zero-order valence-electron chi connectivity index (χ0n) is 9.18. The van der Waals surface area contributed by atoms with Gasteiger partial charge in [-0.05, 0) is 25.1 Å². The topological polar surface area (TPSA) is 12.0 Å². The van der Waals surface area contributed by atoms with Crippen molar-refractivity contribution in [2.24, 2.45) is 0 Å². The molecule has 2 heteroatoms. The molecule has 1 N–H and O–H groups in total. The Morgan fingerprint density at radius 3 is 2.46 bits per heavy atom. The standard InChI is InChI=1S/C11H23NS/c1-9(2)13-11-8-6-4-5-7-10(11)12-3/h9-12H,4-8H2,1-3H3. The van der Waals surface area contributed by atoms with Crippen molar-refractivity contribution >= 4 is 11.8 Å². The molecule has 0 aromatic heterocycles. The largest absolute Gasteiger partial charge is 0.316 e. The van der Waals surface area contributed by atoms with Gasteiger partial charge in [0.15, 0.2) is 0 Å². The van der Waals surface area contributed by atoms with E-state index in [1.165, 1.54) is 32.1 Å². The molecule has 1 rings (SSSR count). The lowest BCUT2D eigenvalue weighted by molar-refractivity contribution is 0.509. The molecule has 1 aliphatic carbocycles. The van der Waals surface area contributed by atoms with Crippen LogP contribution in [0.5, 0.6) is 0 Å². The smallest absolute Gasteiger partial charge is 0.0203 e. The summed E-state index contributed by atoms with van der Waals surface area (Å²) in [6.45, 7) is 4.62. The average Bonchev–Trinajstić information content (AvgIpc) is 2.28. The van der Waals surface area contributed by atoms with Gasteiger partial charge in [0.05, 0.1) is 0 Å². The van der Waals surface area contributed by atoms with Gasteiger partial charge >= 0.3 is 0 Å². The van der Waals surface area contributed by atoms with E-state index in [-0.39, 0.29) is 0 Å². The number of rotatable bonds is 3. The lowest BCUT2D eigenvalue weighted by Crippen LogP contribution is -2.35. The molecule has 0 aromatic rings.